The Hall–Kier alpha value is -2.96. The summed E-state index contributed by atoms with van der Waals surface area (Å²) in [7, 11) is 1.94. The van der Waals surface area contributed by atoms with Gasteiger partial charge in [0.05, 0.1) is 12.1 Å². The maximum Gasteiger partial charge on any atom is 0.227 e. The molecule has 1 aromatic carbocycles. The highest BCUT2D eigenvalue weighted by Gasteiger charge is 2.25. The molecule has 0 N–H and O–H groups in total. The molecule has 1 fully saturated rings. The van der Waals surface area contributed by atoms with E-state index in [0.29, 0.717) is 19.5 Å². The van der Waals surface area contributed by atoms with Crippen molar-refractivity contribution in [1.29, 1.82) is 0 Å². The number of hydrogen-bond acceptors (Lipinski definition) is 5. The number of aromatic nitrogens is 4. The second kappa shape index (κ2) is 7.58. The number of nitrogens with zero attached hydrogens (tertiary/aromatic N) is 6. The van der Waals surface area contributed by atoms with Gasteiger partial charge in [-0.1, -0.05) is 37.3 Å². The first-order valence-corrected chi connectivity index (χ1v) is 9.83. The van der Waals surface area contributed by atoms with Crippen LogP contribution < -0.4 is 4.90 Å². The Morgan fingerprint density at radius 2 is 1.79 bits per heavy atom. The minimum atomic E-state index is 0.185. The number of amides is 1. The zero-order valence-corrected chi connectivity index (χ0v) is 16.7. The van der Waals surface area contributed by atoms with Gasteiger partial charge in [-0.15, -0.1) is 0 Å². The fourth-order valence-corrected chi connectivity index (χ4v) is 3.79. The van der Waals surface area contributed by atoms with Crippen LogP contribution in [0.2, 0.25) is 0 Å². The summed E-state index contributed by atoms with van der Waals surface area (Å²) in [6, 6.07) is 9.93. The molecule has 4 rings (SSSR count). The topological polar surface area (TPSA) is 67.2 Å². The Morgan fingerprint density at radius 1 is 1.07 bits per heavy atom. The van der Waals surface area contributed by atoms with Crippen molar-refractivity contribution in [2.24, 2.45) is 7.05 Å². The van der Waals surface area contributed by atoms with Crippen LogP contribution in [0.3, 0.4) is 0 Å². The SMILES string of the molecule is CCc1nc(N2CCN(C(=O)Cc3ccccc3)CC2)c2c(n1)c(C)nn2C. The zero-order valence-electron chi connectivity index (χ0n) is 16.7. The third kappa shape index (κ3) is 3.44. The lowest BCUT2D eigenvalue weighted by atomic mass is 10.1. The average molecular weight is 378 g/mol. The number of hydrogen-bond donors (Lipinski definition) is 0. The Morgan fingerprint density at radius 3 is 2.46 bits per heavy atom. The van der Waals surface area contributed by atoms with Crippen LogP contribution in [0.25, 0.3) is 11.0 Å². The lowest BCUT2D eigenvalue weighted by molar-refractivity contribution is -0.130. The normalized spacial score (nSPS) is 14.7. The van der Waals surface area contributed by atoms with E-state index in [1.165, 1.54) is 0 Å². The van der Waals surface area contributed by atoms with Crippen molar-refractivity contribution in [3.05, 3.63) is 47.4 Å². The third-order valence-corrected chi connectivity index (χ3v) is 5.32. The highest BCUT2D eigenvalue weighted by atomic mass is 16.2. The van der Waals surface area contributed by atoms with E-state index >= 15 is 0 Å². The van der Waals surface area contributed by atoms with Crippen LogP contribution in [0.4, 0.5) is 5.82 Å². The molecule has 0 aliphatic carbocycles. The number of piperazine rings is 1. The van der Waals surface area contributed by atoms with Crippen LogP contribution in [-0.4, -0.2) is 56.7 Å². The highest BCUT2D eigenvalue weighted by molar-refractivity contribution is 5.88. The summed E-state index contributed by atoms with van der Waals surface area (Å²) in [4.78, 5) is 26.3. The summed E-state index contributed by atoms with van der Waals surface area (Å²) in [5.41, 5.74) is 3.88. The number of carbonyl (C=O) groups excluding carboxylic acids is 1. The first kappa shape index (κ1) is 18.4. The van der Waals surface area contributed by atoms with Crippen LogP contribution >= 0.6 is 0 Å². The summed E-state index contributed by atoms with van der Waals surface area (Å²) in [5.74, 6) is 1.95. The van der Waals surface area contributed by atoms with Gasteiger partial charge >= 0.3 is 0 Å². The number of rotatable bonds is 4. The molecule has 0 spiro atoms. The van der Waals surface area contributed by atoms with Gasteiger partial charge in [0.1, 0.15) is 16.9 Å². The van der Waals surface area contributed by atoms with Gasteiger partial charge in [0.15, 0.2) is 5.82 Å². The zero-order chi connectivity index (χ0) is 19.7. The summed E-state index contributed by atoms with van der Waals surface area (Å²) < 4.78 is 1.87. The van der Waals surface area contributed by atoms with Crippen molar-refractivity contribution < 1.29 is 4.79 Å². The first-order chi connectivity index (χ1) is 13.6. The Balaban J connectivity index is 1.52. The molecular weight excluding hydrogens is 352 g/mol. The van der Waals surface area contributed by atoms with E-state index in [2.05, 4.69) is 21.9 Å². The van der Waals surface area contributed by atoms with Crippen molar-refractivity contribution >= 4 is 22.8 Å². The van der Waals surface area contributed by atoms with Gasteiger partial charge in [-0.05, 0) is 12.5 Å². The van der Waals surface area contributed by atoms with Crippen LogP contribution in [0.5, 0.6) is 0 Å². The smallest absolute Gasteiger partial charge is 0.227 e. The molecule has 7 heteroatoms. The molecular formula is C21H26N6O. The van der Waals surface area contributed by atoms with Gasteiger partial charge in [-0.3, -0.25) is 9.48 Å². The third-order valence-electron chi connectivity index (χ3n) is 5.32. The van der Waals surface area contributed by atoms with Gasteiger partial charge in [0.25, 0.3) is 0 Å². The van der Waals surface area contributed by atoms with Crippen LogP contribution in [0.15, 0.2) is 30.3 Å². The van der Waals surface area contributed by atoms with Crippen LogP contribution in [-0.2, 0) is 24.7 Å². The summed E-state index contributed by atoms with van der Waals surface area (Å²) in [6.07, 6.45) is 1.24. The number of aryl methyl sites for hydroxylation is 3. The number of carbonyl (C=O) groups is 1. The maximum absolute atomic E-state index is 12.6. The van der Waals surface area contributed by atoms with Crippen molar-refractivity contribution in [2.75, 3.05) is 31.1 Å². The number of anilines is 1. The number of benzene rings is 1. The first-order valence-electron chi connectivity index (χ1n) is 9.83. The van der Waals surface area contributed by atoms with E-state index in [1.807, 2.05) is 53.9 Å². The number of fused-ring (bicyclic) bond motifs is 1. The largest absolute Gasteiger partial charge is 0.351 e. The van der Waals surface area contributed by atoms with E-state index in [0.717, 1.165) is 53.4 Å². The van der Waals surface area contributed by atoms with Crippen LogP contribution in [0.1, 0.15) is 24.0 Å². The predicted molar refractivity (Wildman–Crippen MR) is 109 cm³/mol. The fourth-order valence-electron chi connectivity index (χ4n) is 3.79. The molecule has 28 heavy (non-hydrogen) atoms. The molecule has 2 aromatic heterocycles. The van der Waals surface area contributed by atoms with E-state index < -0.39 is 0 Å². The Kier molecular flexibility index (Phi) is 4.98. The summed E-state index contributed by atoms with van der Waals surface area (Å²) >= 11 is 0. The molecule has 3 heterocycles. The minimum absolute atomic E-state index is 0.185. The average Bonchev–Trinajstić information content (AvgIpc) is 3.02. The molecule has 7 nitrogen and oxygen atoms in total. The monoisotopic (exact) mass is 378 g/mol. The highest BCUT2D eigenvalue weighted by Crippen LogP contribution is 2.26. The maximum atomic E-state index is 12.6. The molecule has 1 saturated heterocycles. The molecule has 0 radical (unpaired) electrons. The van der Waals surface area contributed by atoms with E-state index in [9.17, 15) is 4.79 Å². The molecule has 1 aliphatic rings. The van der Waals surface area contributed by atoms with Gasteiger partial charge in [-0.25, -0.2) is 9.97 Å². The van der Waals surface area contributed by atoms with Gasteiger partial charge < -0.3 is 9.80 Å². The van der Waals surface area contributed by atoms with Crippen molar-refractivity contribution in [2.45, 2.75) is 26.7 Å². The molecule has 0 saturated carbocycles. The van der Waals surface area contributed by atoms with Crippen molar-refractivity contribution in [3.63, 3.8) is 0 Å². The second-order valence-electron chi connectivity index (χ2n) is 7.25. The second-order valence-corrected chi connectivity index (χ2v) is 7.25. The summed E-state index contributed by atoms with van der Waals surface area (Å²) in [6.45, 7) is 6.99. The van der Waals surface area contributed by atoms with Crippen molar-refractivity contribution in [1.82, 2.24) is 24.6 Å². The van der Waals surface area contributed by atoms with Crippen molar-refractivity contribution in [3.8, 4) is 0 Å². The van der Waals surface area contributed by atoms with E-state index in [1.54, 1.807) is 0 Å². The van der Waals surface area contributed by atoms with Crippen LogP contribution in [0, 0.1) is 6.92 Å². The fraction of sp³-hybridized carbons (Fsp3) is 0.429. The van der Waals surface area contributed by atoms with Gasteiger partial charge in [-0.2, -0.15) is 5.10 Å². The minimum Gasteiger partial charge on any atom is -0.351 e. The van der Waals surface area contributed by atoms with Gasteiger partial charge in [0.2, 0.25) is 5.91 Å². The quantitative estimate of drug-likeness (QED) is 0.696. The standard InChI is InChI=1S/C21H26N6O/c1-4-17-22-19-15(2)24-25(3)20(19)21(23-17)27-12-10-26(11-13-27)18(28)14-16-8-6-5-7-9-16/h5-9H,4,10-14H2,1-3H3. The Bertz CT molecular complexity index is 989. The lowest BCUT2D eigenvalue weighted by Gasteiger charge is -2.35. The van der Waals surface area contributed by atoms with Gasteiger partial charge in [0, 0.05) is 39.6 Å². The molecule has 0 atom stereocenters. The predicted octanol–water partition coefficient (Wildman–Crippen LogP) is 2.13. The molecule has 0 bridgehead atoms. The molecule has 1 aliphatic heterocycles. The summed E-state index contributed by atoms with van der Waals surface area (Å²) in [5, 5.41) is 4.53. The van der Waals surface area contributed by atoms with E-state index in [-0.39, 0.29) is 5.91 Å². The molecule has 0 unspecified atom stereocenters. The molecule has 3 aromatic rings. The molecule has 1 amide bonds. The molecule has 146 valence electrons. The lowest BCUT2D eigenvalue weighted by Crippen LogP contribution is -2.49. The van der Waals surface area contributed by atoms with E-state index in [4.69, 9.17) is 4.98 Å². The Labute approximate surface area is 165 Å².